The van der Waals surface area contributed by atoms with Gasteiger partial charge in [-0.3, -0.25) is 0 Å². The van der Waals surface area contributed by atoms with Crippen molar-refractivity contribution in [1.82, 2.24) is 5.32 Å². The van der Waals surface area contributed by atoms with Crippen LogP contribution in [0.5, 0.6) is 0 Å². The Bertz CT molecular complexity index is 367. The van der Waals surface area contributed by atoms with E-state index in [1.807, 2.05) is 0 Å². The zero-order valence-electron chi connectivity index (χ0n) is 11.0. The molecule has 94 valence electrons. The summed E-state index contributed by atoms with van der Waals surface area (Å²) in [6.45, 7) is 6.62. The summed E-state index contributed by atoms with van der Waals surface area (Å²) in [6, 6.07) is 9.21. The molecule has 0 bridgehead atoms. The van der Waals surface area contributed by atoms with E-state index in [0.717, 1.165) is 0 Å². The molecule has 0 spiro atoms. The van der Waals surface area contributed by atoms with Crippen LogP contribution in [0.25, 0.3) is 0 Å². The Balaban J connectivity index is 2.17. The standard InChI is InChI=1S/C15H23NO/c1-11(2)12-4-6-13(7-5-12)15(3,10-17)16-14-8-9-14/h4-7,11,14,16-17H,8-10H2,1-3H3. The summed E-state index contributed by atoms with van der Waals surface area (Å²) in [6.07, 6.45) is 2.47. The third-order valence-corrected chi connectivity index (χ3v) is 3.63. The molecule has 1 atom stereocenters. The van der Waals surface area contributed by atoms with Crippen molar-refractivity contribution in [2.75, 3.05) is 6.61 Å². The first-order chi connectivity index (χ1) is 8.05. The van der Waals surface area contributed by atoms with Crippen LogP contribution in [0.15, 0.2) is 24.3 Å². The van der Waals surface area contributed by atoms with E-state index in [9.17, 15) is 5.11 Å². The van der Waals surface area contributed by atoms with Crippen molar-refractivity contribution in [1.29, 1.82) is 0 Å². The van der Waals surface area contributed by atoms with Gasteiger partial charge in [0, 0.05) is 6.04 Å². The fourth-order valence-electron chi connectivity index (χ4n) is 2.13. The summed E-state index contributed by atoms with van der Waals surface area (Å²) in [7, 11) is 0. The lowest BCUT2D eigenvalue weighted by Gasteiger charge is -2.30. The van der Waals surface area contributed by atoms with E-state index in [1.54, 1.807) is 0 Å². The highest BCUT2D eigenvalue weighted by Gasteiger charge is 2.33. The monoisotopic (exact) mass is 233 g/mol. The minimum Gasteiger partial charge on any atom is -0.394 e. The number of benzene rings is 1. The molecule has 0 aromatic heterocycles. The predicted octanol–water partition coefficient (Wildman–Crippen LogP) is 2.77. The van der Waals surface area contributed by atoms with Crippen LogP contribution in [0.2, 0.25) is 0 Å². The van der Waals surface area contributed by atoms with Crippen LogP contribution in [-0.2, 0) is 5.54 Å². The molecule has 0 heterocycles. The molecule has 1 aliphatic carbocycles. The highest BCUT2D eigenvalue weighted by molar-refractivity contribution is 5.30. The SMILES string of the molecule is CC(C)c1ccc(C(C)(CO)NC2CC2)cc1. The lowest BCUT2D eigenvalue weighted by atomic mass is 9.90. The Kier molecular flexibility index (Phi) is 3.55. The molecule has 1 saturated carbocycles. The van der Waals surface area contributed by atoms with Crippen molar-refractivity contribution >= 4 is 0 Å². The summed E-state index contributed by atoms with van der Waals surface area (Å²) >= 11 is 0. The van der Waals surface area contributed by atoms with Crippen molar-refractivity contribution in [3.63, 3.8) is 0 Å². The summed E-state index contributed by atoms with van der Waals surface area (Å²) in [4.78, 5) is 0. The fraction of sp³-hybridized carbons (Fsp3) is 0.600. The van der Waals surface area contributed by atoms with E-state index in [1.165, 1.54) is 24.0 Å². The summed E-state index contributed by atoms with van der Waals surface area (Å²) in [5.41, 5.74) is 2.23. The van der Waals surface area contributed by atoms with Gasteiger partial charge in [-0.25, -0.2) is 0 Å². The van der Waals surface area contributed by atoms with Gasteiger partial charge in [-0.15, -0.1) is 0 Å². The molecule has 1 aromatic rings. The molecule has 2 N–H and O–H groups in total. The third-order valence-electron chi connectivity index (χ3n) is 3.63. The molecule has 2 rings (SSSR count). The van der Waals surface area contributed by atoms with Crippen LogP contribution in [-0.4, -0.2) is 17.8 Å². The normalized spacial score (nSPS) is 19.4. The zero-order valence-corrected chi connectivity index (χ0v) is 11.0. The lowest BCUT2D eigenvalue weighted by Crippen LogP contribution is -2.44. The van der Waals surface area contributed by atoms with E-state index in [4.69, 9.17) is 0 Å². The second-order valence-electron chi connectivity index (χ2n) is 5.69. The average molecular weight is 233 g/mol. The van der Waals surface area contributed by atoms with Crippen molar-refractivity contribution < 1.29 is 5.11 Å². The Morgan fingerprint density at radius 3 is 2.29 bits per heavy atom. The molecule has 1 aliphatic rings. The largest absolute Gasteiger partial charge is 0.394 e. The van der Waals surface area contributed by atoms with Gasteiger partial charge in [0.05, 0.1) is 12.1 Å². The van der Waals surface area contributed by atoms with E-state index in [0.29, 0.717) is 12.0 Å². The first-order valence-electron chi connectivity index (χ1n) is 6.54. The number of aliphatic hydroxyl groups is 1. The van der Waals surface area contributed by atoms with Gasteiger partial charge < -0.3 is 10.4 Å². The van der Waals surface area contributed by atoms with Gasteiger partial charge >= 0.3 is 0 Å². The fourth-order valence-corrected chi connectivity index (χ4v) is 2.13. The molecular formula is C15H23NO. The molecule has 0 amide bonds. The highest BCUT2D eigenvalue weighted by atomic mass is 16.3. The Hall–Kier alpha value is -0.860. The van der Waals surface area contributed by atoms with E-state index in [2.05, 4.69) is 50.4 Å². The molecule has 0 radical (unpaired) electrons. The van der Waals surface area contributed by atoms with E-state index >= 15 is 0 Å². The van der Waals surface area contributed by atoms with Gasteiger partial charge in [0.15, 0.2) is 0 Å². The summed E-state index contributed by atoms with van der Waals surface area (Å²) < 4.78 is 0. The number of hydrogen-bond donors (Lipinski definition) is 2. The number of nitrogens with one attached hydrogen (secondary N) is 1. The van der Waals surface area contributed by atoms with Gasteiger partial charge in [0.2, 0.25) is 0 Å². The van der Waals surface area contributed by atoms with Crippen LogP contribution in [0.4, 0.5) is 0 Å². The minimum absolute atomic E-state index is 0.143. The second-order valence-corrected chi connectivity index (χ2v) is 5.69. The number of hydrogen-bond acceptors (Lipinski definition) is 2. The molecule has 2 heteroatoms. The summed E-state index contributed by atoms with van der Waals surface area (Å²) in [5, 5.41) is 13.2. The van der Waals surface area contributed by atoms with Gasteiger partial charge in [-0.05, 0) is 36.8 Å². The van der Waals surface area contributed by atoms with E-state index < -0.39 is 0 Å². The van der Waals surface area contributed by atoms with Gasteiger partial charge in [0.1, 0.15) is 0 Å². The van der Waals surface area contributed by atoms with Crippen molar-refractivity contribution in [3.05, 3.63) is 35.4 Å². The van der Waals surface area contributed by atoms with Gasteiger partial charge in [-0.2, -0.15) is 0 Å². The smallest absolute Gasteiger partial charge is 0.0652 e. The van der Waals surface area contributed by atoms with Gasteiger partial charge in [-0.1, -0.05) is 38.1 Å². The molecule has 0 saturated heterocycles. The van der Waals surface area contributed by atoms with E-state index in [-0.39, 0.29) is 12.1 Å². The quantitative estimate of drug-likeness (QED) is 0.819. The molecule has 1 unspecified atom stereocenters. The minimum atomic E-state index is -0.295. The van der Waals surface area contributed by atoms with Crippen LogP contribution >= 0.6 is 0 Å². The first kappa shape index (κ1) is 12.6. The molecule has 2 nitrogen and oxygen atoms in total. The average Bonchev–Trinajstić information content (AvgIpc) is 3.13. The maximum atomic E-state index is 9.63. The molecule has 0 aliphatic heterocycles. The van der Waals surface area contributed by atoms with Crippen molar-refractivity contribution in [3.8, 4) is 0 Å². The lowest BCUT2D eigenvalue weighted by molar-refractivity contribution is 0.173. The Morgan fingerprint density at radius 2 is 1.88 bits per heavy atom. The number of aliphatic hydroxyl groups excluding tert-OH is 1. The highest BCUT2D eigenvalue weighted by Crippen LogP contribution is 2.29. The topological polar surface area (TPSA) is 32.3 Å². The maximum Gasteiger partial charge on any atom is 0.0652 e. The van der Waals surface area contributed by atoms with Crippen LogP contribution in [0, 0.1) is 0 Å². The third kappa shape index (κ3) is 2.88. The Morgan fingerprint density at radius 1 is 1.29 bits per heavy atom. The first-order valence-corrected chi connectivity index (χ1v) is 6.54. The van der Waals surface area contributed by atoms with Crippen molar-refractivity contribution in [2.45, 2.75) is 51.1 Å². The van der Waals surface area contributed by atoms with Crippen LogP contribution in [0.3, 0.4) is 0 Å². The van der Waals surface area contributed by atoms with Crippen LogP contribution in [0.1, 0.15) is 50.7 Å². The van der Waals surface area contributed by atoms with Crippen molar-refractivity contribution in [2.24, 2.45) is 0 Å². The molecular weight excluding hydrogens is 210 g/mol. The molecule has 1 fully saturated rings. The maximum absolute atomic E-state index is 9.63. The summed E-state index contributed by atoms with van der Waals surface area (Å²) in [5.74, 6) is 0.556. The molecule has 17 heavy (non-hydrogen) atoms. The number of rotatable bonds is 5. The van der Waals surface area contributed by atoms with Crippen LogP contribution < -0.4 is 5.32 Å². The molecule has 1 aromatic carbocycles. The second kappa shape index (κ2) is 4.79. The zero-order chi connectivity index (χ0) is 12.5. The van der Waals surface area contributed by atoms with Gasteiger partial charge in [0.25, 0.3) is 0 Å². The Labute approximate surface area is 104 Å². The predicted molar refractivity (Wildman–Crippen MR) is 71.1 cm³/mol.